The van der Waals surface area contributed by atoms with Crippen molar-refractivity contribution in [2.45, 2.75) is 50.9 Å². The average molecular weight is 437 g/mol. The van der Waals surface area contributed by atoms with Crippen molar-refractivity contribution in [3.05, 3.63) is 33.7 Å². The van der Waals surface area contributed by atoms with Gasteiger partial charge < -0.3 is 10.6 Å². The molecule has 1 aromatic heterocycles. The Labute approximate surface area is 164 Å². The number of carbonyl (C=O) groups excluding carboxylic acids is 2. The highest BCUT2D eigenvalue weighted by atomic mass is 79.9. The highest BCUT2D eigenvalue weighted by Gasteiger charge is 2.20. The number of para-hydroxylation sites is 1. The van der Waals surface area contributed by atoms with Gasteiger partial charge in [0.15, 0.2) is 0 Å². The molecule has 1 saturated carbocycles. The van der Waals surface area contributed by atoms with E-state index in [1.807, 2.05) is 18.2 Å². The summed E-state index contributed by atoms with van der Waals surface area (Å²) in [5, 5.41) is 15.3. The Balaban J connectivity index is 1.44. The van der Waals surface area contributed by atoms with Gasteiger partial charge in [-0.25, -0.2) is 0 Å². The van der Waals surface area contributed by atoms with Crippen LogP contribution in [0.3, 0.4) is 0 Å². The highest BCUT2D eigenvalue weighted by Crippen LogP contribution is 2.35. The maximum absolute atomic E-state index is 12.1. The first-order chi connectivity index (χ1) is 12.6. The van der Waals surface area contributed by atoms with Crippen LogP contribution in [-0.4, -0.2) is 22.0 Å². The normalized spacial score (nSPS) is 14.8. The van der Waals surface area contributed by atoms with Gasteiger partial charge >= 0.3 is 0 Å². The van der Waals surface area contributed by atoms with E-state index in [-0.39, 0.29) is 24.7 Å². The van der Waals surface area contributed by atoms with Crippen molar-refractivity contribution < 1.29 is 9.59 Å². The zero-order valence-corrected chi connectivity index (χ0v) is 16.7. The van der Waals surface area contributed by atoms with Gasteiger partial charge in [0.1, 0.15) is 5.01 Å². The first-order valence-electron chi connectivity index (χ1n) is 8.79. The number of hydrogen-bond acceptors (Lipinski definition) is 5. The lowest BCUT2D eigenvalue weighted by molar-refractivity contribution is -0.121. The molecule has 6 nitrogen and oxygen atoms in total. The molecule has 0 bridgehead atoms. The minimum atomic E-state index is -0.223. The summed E-state index contributed by atoms with van der Waals surface area (Å²) in [4.78, 5) is 24.1. The standard InChI is InChI=1S/C18H21BrN4O2S/c19-13-8-4-5-9-14(13)20-15(24)10-11-16(25)21-18-23-22-17(26-18)12-6-2-1-3-7-12/h4-5,8-9,12H,1-3,6-7,10-11H2,(H,20,24)(H,21,23,25). The lowest BCUT2D eigenvalue weighted by Gasteiger charge is -2.18. The van der Waals surface area contributed by atoms with Gasteiger partial charge in [0, 0.05) is 23.2 Å². The quantitative estimate of drug-likeness (QED) is 0.686. The Kier molecular flexibility index (Phi) is 6.73. The molecule has 138 valence electrons. The van der Waals surface area contributed by atoms with E-state index in [1.165, 1.54) is 30.6 Å². The third-order valence-corrected chi connectivity index (χ3v) is 6.06. The van der Waals surface area contributed by atoms with E-state index >= 15 is 0 Å². The van der Waals surface area contributed by atoms with Gasteiger partial charge in [0.25, 0.3) is 0 Å². The molecule has 1 aromatic carbocycles. The van der Waals surface area contributed by atoms with E-state index in [1.54, 1.807) is 6.07 Å². The Morgan fingerprint density at radius 2 is 1.73 bits per heavy atom. The van der Waals surface area contributed by atoms with E-state index in [2.05, 4.69) is 36.8 Å². The number of nitrogens with one attached hydrogen (secondary N) is 2. The van der Waals surface area contributed by atoms with Crippen LogP contribution in [0.15, 0.2) is 28.7 Å². The monoisotopic (exact) mass is 436 g/mol. The van der Waals surface area contributed by atoms with Gasteiger partial charge in [-0.3, -0.25) is 9.59 Å². The number of carbonyl (C=O) groups is 2. The Morgan fingerprint density at radius 3 is 2.46 bits per heavy atom. The van der Waals surface area contributed by atoms with Crippen LogP contribution >= 0.6 is 27.3 Å². The largest absolute Gasteiger partial charge is 0.325 e. The van der Waals surface area contributed by atoms with E-state index < -0.39 is 0 Å². The van der Waals surface area contributed by atoms with E-state index in [9.17, 15) is 9.59 Å². The van der Waals surface area contributed by atoms with Crippen molar-refractivity contribution in [2.75, 3.05) is 10.6 Å². The first kappa shape index (κ1) is 19.0. The van der Waals surface area contributed by atoms with E-state index in [0.717, 1.165) is 22.3 Å². The maximum Gasteiger partial charge on any atom is 0.226 e. The van der Waals surface area contributed by atoms with Crippen molar-refractivity contribution in [1.82, 2.24) is 10.2 Å². The molecule has 2 aromatic rings. The lowest BCUT2D eigenvalue weighted by atomic mass is 9.90. The van der Waals surface area contributed by atoms with Gasteiger partial charge in [-0.1, -0.05) is 42.7 Å². The van der Waals surface area contributed by atoms with Crippen LogP contribution in [0.5, 0.6) is 0 Å². The molecule has 1 aliphatic rings. The van der Waals surface area contributed by atoms with Crippen molar-refractivity contribution in [1.29, 1.82) is 0 Å². The number of nitrogens with zero attached hydrogens (tertiary/aromatic N) is 2. The molecule has 0 atom stereocenters. The number of hydrogen-bond donors (Lipinski definition) is 2. The molecule has 1 fully saturated rings. The Morgan fingerprint density at radius 1 is 1.04 bits per heavy atom. The molecule has 8 heteroatoms. The molecule has 0 spiro atoms. The van der Waals surface area contributed by atoms with E-state index in [0.29, 0.717) is 16.7 Å². The summed E-state index contributed by atoms with van der Waals surface area (Å²) in [5.41, 5.74) is 0.694. The molecule has 0 saturated heterocycles. The summed E-state index contributed by atoms with van der Waals surface area (Å²) in [6, 6.07) is 7.36. The summed E-state index contributed by atoms with van der Waals surface area (Å²) >= 11 is 4.82. The van der Waals surface area contributed by atoms with Crippen molar-refractivity contribution in [2.24, 2.45) is 0 Å². The molecule has 2 amide bonds. The summed E-state index contributed by atoms with van der Waals surface area (Å²) in [6.45, 7) is 0. The van der Waals surface area contributed by atoms with Crippen molar-refractivity contribution in [3.8, 4) is 0 Å². The minimum absolute atomic E-state index is 0.106. The molecule has 0 aliphatic heterocycles. The second-order valence-electron chi connectivity index (χ2n) is 6.36. The summed E-state index contributed by atoms with van der Waals surface area (Å²) in [6.07, 6.45) is 6.28. The molecule has 3 rings (SSSR count). The second-order valence-corrected chi connectivity index (χ2v) is 8.22. The lowest BCUT2D eigenvalue weighted by Crippen LogP contribution is -2.17. The second kappa shape index (κ2) is 9.23. The Bertz CT molecular complexity index is 774. The van der Waals surface area contributed by atoms with Crippen LogP contribution in [0.1, 0.15) is 55.9 Å². The highest BCUT2D eigenvalue weighted by molar-refractivity contribution is 9.10. The van der Waals surface area contributed by atoms with Crippen LogP contribution in [0.4, 0.5) is 10.8 Å². The summed E-state index contributed by atoms with van der Waals surface area (Å²) in [5.74, 6) is 0.0489. The van der Waals surface area contributed by atoms with Gasteiger partial charge in [0.05, 0.1) is 5.69 Å². The fraction of sp³-hybridized carbons (Fsp3) is 0.444. The van der Waals surface area contributed by atoms with Crippen LogP contribution in [0, 0.1) is 0 Å². The number of aromatic nitrogens is 2. The predicted octanol–water partition coefficient (Wildman–Crippen LogP) is 4.71. The number of anilines is 2. The number of rotatable bonds is 6. The van der Waals surface area contributed by atoms with Gasteiger partial charge in [-0.05, 0) is 40.9 Å². The minimum Gasteiger partial charge on any atom is -0.325 e. The average Bonchev–Trinajstić information content (AvgIpc) is 3.11. The molecular weight excluding hydrogens is 416 g/mol. The van der Waals surface area contributed by atoms with Gasteiger partial charge in [0.2, 0.25) is 16.9 Å². The zero-order chi connectivity index (χ0) is 18.4. The maximum atomic E-state index is 12.1. The number of amides is 2. The topological polar surface area (TPSA) is 84.0 Å². The smallest absolute Gasteiger partial charge is 0.226 e. The fourth-order valence-corrected chi connectivity index (χ4v) is 4.30. The molecule has 0 radical (unpaired) electrons. The molecule has 26 heavy (non-hydrogen) atoms. The molecule has 1 aliphatic carbocycles. The van der Waals surface area contributed by atoms with Gasteiger partial charge in [-0.2, -0.15) is 0 Å². The van der Waals surface area contributed by atoms with Crippen LogP contribution in [0.25, 0.3) is 0 Å². The van der Waals surface area contributed by atoms with E-state index in [4.69, 9.17) is 0 Å². The third-order valence-electron chi connectivity index (χ3n) is 4.37. The number of halogens is 1. The van der Waals surface area contributed by atoms with Crippen LogP contribution in [-0.2, 0) is 9.59 Å². The summed E-state index contributed by atoms with van der Waals surface area (Å²) in [7, 11) is 0. The predicted molar refractivity (Wildman–Crippen MR) is 106 cm³/mol. The van der Waals surface area contributed by atoms with Crippen LogP contribution in [0.2, 0.25) is 0 Å². The molecular formula is C18H21BrN4O2S. The van der Waals surface area contributed by atoms with Crippen molar-refractivity contribution >= 4 is 49.9 Å². The van der Waals surface area contributed by atoms with Crippen molar-refractivity contribution in [3.63, 3.8) is 0 Å². The zero-order valence-electron chi connectivity index (χ0n) is 14.3. The molecule has 1 heterocycles. The van der Waals surface area contributed by atoms with Crippen LogP contribution < -0.4 is 10.6 Å². The first-order valence-corrected chi connectivity index (χ1v) is 10.4. The molecule has 2 N–H and O–H groups in total. The third kappa shape index (κ3) is 5.35. The fourth-order valence-electron chi connectivity index (χ4n) is 2.98. The summed E-state index contributed by atoms with van der Waals surface area (Å²) < 4.78 is 0.807. The Hall–Kier alpha value is -1.80. The van der Waals surface area contributed by atoms with Gasteiger partial charge in [-0.15, -0.1) is 10.2 Å². The SMILES string of the molecule is O=C(CCC(=O)Nc1ccccc1Br)Nc1nnc(C2CCCCC2)s1. The number of benzene rings is 1. The molecule has 0 unspecified atom stereocenters.